The van der Waals surface area contributed by atoms with Crippen molar-refractivity contribution in [3.8, 4) is 11.1 Å². The number of nitrogen functional groups attached to an aromatic ring is 1. The minimum Gasteiger partial charge on any atom is -0.384 e. The molecule has 180 valence electrons. The largest absolute Gasteiger partial charge is 0.417 e. The van der Waals surface area contributed by atoms with Crippen molar-refractivity contribution in [3.63, 3.8) is 0 Å². The van der Waals surface area contributed by atoms with Crippen molar-refractivity contribution < 1.29 is 21.6 Å². The molecule has 14 heteroatoms. The molecule has 1 aliphatic rings. The lowest BCUT2D eigenvalue weighted by atomic mass is 9.95. The molecule has 0 unspecified atom stereocenters. The second-order valence-corrected chi connectivity index (χ2v) is 8.48. The third-order valence-corrected chi connectivity index (χ3v) is 5.65. The van der Waals surface area contributed by atoms with Crippen molar-refractivity contribution in [1.29, 1.82) is 5.41 Å². The molecule has 0 spiro atoms. The van der Waals surface area contributed by atoms with Crippen LogP contribution in [-0.4, -0.2) is 33.2 Å². The number of primary sulfonamides is 1. The summed E-state index contributed by atoms with van der Waals surface area (Å²) in [6.07, 6.45) is -2.25. The van der Waals surface area contributed by atoms with Gasteiger partial charge in [0.15, 0.2) is 5.84 Å². The van der Waals surface area contributed by atoms with E-state index in [1.54, 1.807) is 5.53 Å². The fourth-order valence-corrected chi connectivity index (χ4v) is 4.17. The smallest absolute Gasteiger partial charge is 0.384 e. The summed E-state index contributed by atoms with van der Waals surface area (Å²) in [5.41, 5.74) is 11.5. The van der Waals surface area contributed by atoms with E-state index in [2.05, 4.69) is 10.4 Å². The van der Waals surface area contributed by atoms with E-state index in [0.717, 1.165) is 6.07 Å². The third-order valence-electron chi connectivity index (χ3n) is 4.65. The van der Waals surface area contributed by atoms with Crippen LogP contribution in [0.2, 0.25) is 0 Å². The van der Waals surface area contributed by atoms with Gasteiger partial charge in [-0.25, -0.2) is 24.9 Å². The Kier molecular flexibility index (Phi) is 8.38. The summed E-state index contributed by atoms with van der Waals surface area (Å²) < 4.78 is 64.3. The fraction of sp³-hybridized carbons (Fsp3) is 0.263. The zero-order chi connectivity index (χ0) is 24.8. The monoisotopic (exact) mass is 486 g/mol. The van der Waals surface area contributed by atoms with Gasteiger partial charge in [-0.15, -0.1) is 5.10 Å². The summed E-state index contributed by atoms with van der Waals surface area (Å²) in [5, 5.41) is 19.1. The highest BCUT2D eigenvalue weighted by molar-refractivity contribution is 7.89. The summed E-state index contributed by atoms with van der Waals surface area (Å²) >= 11 is 0. The van der Waals surface area contributed by atoms with Crippen molar-refractivity contribution in [3.05, 3.63) is 53.1 Å². The third kappa shape index (κ3) is 6.64. The fourth-order valence-electron chi connectivity index (χ4n) is 3.18. The van der Waals surface area contributed by atoms with E-state index in [0.29, 0.717) is 11.6 Å². The van der Waals surface area contributed by atoms with Crippen molar-refractivity contribution in [2.75, 3.05) is 13.1 Å². The predicted molar refractivity (Wildman–Crippen MR) is 119 cm³/mol. The molecule has 10 nitrogen and oxygen atoms in total. The van der Waals surface area contributed by atoms with Crippen LogP contribution < -0.4 is 33.3 Å². The van der Waals surface area contributed by atoms with Crippen LogP contribution in [0.15, 0.2) is 46.4 Å². The topological polar surface area (TPSA) is 198 Å². The second kappa shape index (κ2) is 10.6. The summed E-state index contributed by atoms with van der Waals surface area (Å²) in [6, 6.07) is 7.35. The van der Waals surface area contributed by atoms with Crippen molar-refractivity contribution in [2.45, 2.75) is 23.9 Å². The van der Waals surface area contributed by atoms with Gasteiger partial charge in [0.05, 0.1) is 5.56 Å². The Balaban J connectivity index is 0.000000678. The Morgan fingerprint density at radius 1 is 1.06 bits per heavy atom. The summed E-state index contributed by atoms with van der Waals surface area (Å²) in [4.78, 5) is -1.23. The Hall–Kier alpha value is -3.20. The molecule has 0 aliphatic carbocycles. The number of alkyl halides is 3. The highest BCUT2D eigenvalue weighted by Gasteiger charge is 2.39. The van der Waals surface area contributed by atoms with Crippen LogP contribution in [-0.2, 0) is 16.2 Å². The quantitative estimate of drug-likeness (QED) is 0.140. The van der Waals surface area contributed by atoms with E-state index in [9.17, 15) is 21.6 Å². The van der Waals surface area contributed by atoms with Crippen molar-refractivity contribution in [1.82, 2.24) is 10.9 Å². The van der Waals surface area contributed by atoms with Gasteiger partial charge in [0.1, 0.15) is 10.7 Å². The molecule has 2 aromatic carbocycles. The minimum atomic E-state index is -5.02. The summed E-state index contributed by atoms with van der Waals surface area (Å²) in [6.45, 7) is 2.50. The Morgan fingerprint density at radius 2 is 1.64 bits per heavy atom. The zero-order valence-corrected chi connectivity index (χ0v) is 18.2. The van der Waals surface area contributed by atoms with E-state index >= 15 is 0 Å². The van der Waals surface area contributed by atoms with Crippen LogP contribution >= 0.6 is 0 Å². The number of rotatable bonds is 5. The average molecular weight is 487 g/mol. The number of benzene rings is 2. The molecule has 0 amide bonds. The Bertz CT molecular complexity index is 1120. The van der Waals surface area contributed by atoms with Gasteiger partial charge < -0.3 is 16.8 Å². The normalized spacial score (nSPS) is 14.4. The molecule has 0 aromatic heterocycles. The molecule has 0 atom stereocenters. The van der Waals surface area contributed by atoms with E-state index in [-0.39, 0.29) is 17.0 Å². The van der Waals surface area contributed by atoms with E-state index in [1.807, 2.05) is 0 Å². The molecule has 0 radical (unpaired) electrons. The van der Waals surface area contributed by atoms with Crippen molar-refractivity contribution in [2.24, 2.45) is 27.6 Å². The van der Waals surface area contributed by atoms with Crippen LogP contribution in [0.25, 0.3) is 11.1 Å². The number of hydrogen-bond acceptors (Lipinski definition) is 7. The maximum atomic E-state index is 13.4. The molecule has 3 rings (SSSR count). The lowest BCUT2D eigenvalue weighted by molar-refractivity contribution is -0.139. The first-order valence-corrected chi connectivity index (χ1v) is 11.1. The molecule has 1 heterocycles. The number of sulfonamides is 1. The lowest BCUT2D eigenvalue weighted by Crippen LogP contribution is -2.29. The first-order valence-electron chi connectivity index (χ1n) is 9.59. The molecule has 1 saturated heterocycles. The van der Waals surface area contributed by atoms with Gasteiger partial charge in [0.25, 0.3) is 0 Å². The van der Waals surface area contributed by atoms with Gasteiger partial charge in [-0.05, 0) is 43.1 Å². The van der Waals surface area contributed by atoms with Crippen molar-refractivity contribution >= 4 is 21.7 Å². The number of nitrogens with zero attached hydrogens (tertiary/aromatic N) is 1. The average Bonchev–Trinajstić information content (AvgIpc) is 3.32. The molecular formula is C19H25F3N8O2S. The van der Waals surface area contributed by atoms with Gasteiger partial charge >= 0.3 is 6.18 Å². The number of halogens is 3. The van der Waals surface area contributed by atoms with Crippen LogP contribution in [0.1, 0.15) is 29.5 Å². The number of nitrogens with two attached hydrogens (primary N) is 4. The van der Waals surface area contributed by atoms with Gasteiger partial charge in [0, 0.05) is 11.1 Å². The predicted octanol–water partition coefficient (Wildman–Crippen LogP) is 0.757. The highest BCUT2D eigenvalue weighted by Crippen LogP contribution is 2.39. The van der Waals surface area contributed by atoms with Gasteiger partial charge in [-0.2, -0.15) is 13.2 Å². The highest BCUT2D eigenvalue weighted by atomic mass is 32.2. The molecule has 33 heavy (non-hydrogen) atoms. The molecule has 1 aliphatic heterocycles. The zero-order valence-electron chi connectivity index (χ0n) is 17.4. The lowest BCUT2D eigenvalue weighted by Gasteiger charge is -2.19. The molecular weight excluding hydrogens is 461 g/mol. The first-order chi connectivity index (χ1) is 15.4. The molecule has 0 bridgehead atoms. The summed E-state index contributed by atoms with van der Waals surface area (Å²) in [7, 11) is -4.87. The Morgan fingerprint density at radius 3 is 2.03 bits per heavy atom. The minimum absolute atomic E-state index is 0.00336. The maximum Gasteiger partial charge on any atom is 0.417 e. The van der Waals surface area contributed by atoms with E-state index in [4.69, 9.17) is 27.9 Å². The number of hydrazone groups is 1. The number of nitrogens with one attached hydrogen (secondary N) is 3. The van der Waals surface area contributed by atoms with Gasteiger partial charge in [0.2, 0.25) is 10.0 Å². The second-order valence-electron chi connectivity index (χ2n) is 6.98. The van der Waals surface area contributed by atoms with Crippen LogP contribution in [0.4, 0.5) is 13.2 Å². The van der Waals surface area contributed by atoms with Crippen LogP contribution in [0.3, 0.4) is 0 Å². The molecule has 0 saturated carbocycles. The molecule has 1 fully saturated rings. The molecule has 2 aromatic rings. The summed E-state index contributed by atoms with van der Waals surface area (Å²) in [5.74, 6) is 4.19. The van der Waals surface area contributed by atoms with Crippen LogP contribution in [0.5, 0.6) is 0 Å². The standard InChI is InChI=1S/C15H16F3N7O2S.C4H9N/c16-15(17,18)10-6-5-9(7-1-3-8(4-2-7)13(19)20)11(14(21)24-25-22)12(10)28(23,26)27;1-2-4-5-3-1/h1-6,25H,22H2,(H3,19,20)(H2,21,24)(H2,23,26,27);5H,1-4H2. The first kappa shape index (κ1) is 26.1. The van der Waals surface area contributed by atoms with Gasteiger partial charge in [-0.3, -0.25) is 5.41 Å². The van der Waals surface area contributed by atoms with Gasteiger partial charge in [-0.1, -0.05) is 30.3 Å². The van der Waals surface area contributed by atoms with Crippen LogP contribution in [0, 0.1) is 5.41 Å². The molecule has 11 N–H and O–H groups in total. The maximum absolute atomic E-state index is 13.4. The number of amidine groups is 2. The van der Waals surface area contributed by atoms with E-state index < -0.39 is 38.1 Å². The SMILES string of the molecule is C1CCNC1.N=C(N)c1ccc(-c2ccc(C(F)(F)F)c(S(N)(=O)=O)c2/C(N)=N/NN)cc1. The van der Waals surface area contributed by atoms with E-state index in [1.165, 1.54) is 50.2 Å². The number of hydrazine groups is 1. The number of hydrogen-bond donors (Lipinski definition) is 7. The Labute approximate surface area is 188 Å².